The molecule has 0 atom stereocenters. The normalized spacial score (nSPS) is 11.6. The van der Waals surface area contributed by atoms with E-state index in [0.29, 0.717) is 0 Å². The van der Waals surface area contributed by atoms with E-state index in [-0.39, 0.29) is 0 Å². The van der Waals surface area contributed by atoms with Gasteiger partial charge in [-0.1, -0.05) is 140 Å². The SMILES string of the molecule is c1cc(-c2ccc3ccccc3c2)cc(N(c2cccc(-c3cccc4c3oc3ccccc34)c2)c2cccc(-c3cccc4sc5ccccc5c34)c2)c1. The zero-order chi connectivity index (χ0) is 36.3. The Labute approximate surface area is 322 Å². The minimum Gasteiger partial charge on any atom is -0.455 e. The molecule has 2 aromatic heterocycles. The summed E-state index contributed by atoms with van der Waals surface area (Å²) in [5, 5.41) is 7.35. The Morgan fingerprint density at radius 3 is 1.75 bits per heavy atom. The van der Waals surface area contributed by atoms with E-state index in [4.69, 9.17) is 4.42 Å². The van der Waals surface area contributed by atoms with Crippen molar-refractivity contribution >= 4 is 81.3 Å². The van der Waals surface area contributed by atoms with E-state index in [9.17, 15) is 0 Å². The van der Waals surface area contributed by atoms with E-state index >= 15 is 0 Å². The van der Waals surface area contributed by atoms with E-state index < -0.39 is 0 Å². The summed E-state index contributed by atoms with van der Waals surface area (Å²) in [7, 11) is 0. The Kier molecular flexibility index (Phi) is 7.39. The number of rotatable bonds is 6. The molecule has 0 amide bonds. The van der Waals surface area contributed by atoms with Gasteiger partial charge in [-0.15, -0.1) is 11.3 Å². The number of hydrogen-bond acceptors (Lipinski definition) is 3. The fourth-order valence-electron chi connectivity index (χ4n) is 8.26. The monoisotopic (exact) mass is 719 g/mol. The maximum Gasteiger partial charge on any atom is 0.143 e. The summed E-state index contributed by atoms with van der Waals surface area (Å²) in [6.45, 7) is 0. The first kappa shape index (κ1) is 31.6. The molecule has 0 aliphatic rings. The number of anilines is 3. The topological polar surface area (TPSA) is 16.4 Å². The van der Waals surface area contributed by atoms with Crippen LogP contribution in [0.4, 0.5) is 17.1 Å². The number of nitrogens with zero attached hydrogens (tertiary/aromatic N) is 1. The zero-order valence-corrected chi connectivity index (χ0v) is 30.6. The van der Waals surface area contributed by atoms with E-state index in [2.05, 4.69) is 193 Å². The third kappa shape index (κ3) is 5.40. The molecule has 0 bridgehead atoms. The largest absolute Gasteiger partial charge is 0.455 e. The van der Waals surface area contributed by atoms with Crippen molar-refractivity contribution in [3.63, 3.8) is 0 Å². The highest BCUT2D eigenvalue weighted by atomic mass is 32.1. The first-order valence-corrected chi connectivity index (χ1v) is 19.5. The lowest BCUT2D eigenvalue weighted by Crippen LogP contribution is -2.10. The molecule has 2 heterocycles. The van der Waals surface area contributed by atoms with Crippen molar-refractivity contribution in [3.8, 4) is 33.4 Å². The summed E-state index contributed by atoms with van der Waals surface area (Å²) in [5.74, 6) is 0. The summed E-state index contributed by atoms with van der Waals surface area (Å²) in [6.07, 6.45) is 0. The van der Waals surface area contributed by atoms with Crippen molar-refractivity contribution in [1.29, 1.82) is 0 Å². The van der Waals surface area contributed by atoms with Gasteiger partial charge < -0.3 is 9.32 Å². The number of furan rings is 1. The van der Waals surface area contributed by atoms with Gasteiger partial charge >= 0.3 is 0 Å². The van der Waals surface area contributed by atoms with E-state index in [1.54, 1.807) is 0 Å². The predicted octanol–water partition coefficient (Wildman–Crippen LogP) is 15.6. The quantitative estimate of drug-likeness (QED) is 0.170. The molecule has 0 N–H and O–H groups in total. The molecular formula is C52H33NOS. The van der Waals surface area contributed by atoms with E-state index in [1.807, 2.05) is 23.5 Å². The van der Waals surface area contributed by atoms with Crippen molar-refractivity contribution in [2.45, 2.75) is 0 Å². The maximum absolute atomic E-state index is 6.51. The van der Waals surface area contributed by atoms with Crippen LogP contribution in [0.1, 0.15) is 0 Å². The van der Waals surface area contributed by atoms with Crippen LogP contribution in [0.5, 0.6) is 0 Å². The molecule has 0 saturated heterocycles. The summed E-state index contributed by atoms with van der Waals surface area (Å²) in [6, 6.07) is 72.3. The molecule has 55 heavy (non-hydrogen) atoms. The molecule has 0 unspecified atom stereocenters. The highest BCUT2D eigenvalue weighted by Crippen LogP contribution is 2.44. The van der Waals surface area contributed by atoms with Crippen molar-refractivity contribution in [2.24, 2.45) is 0 Å². The van der Waals surface area contributed by atoms with Gasteiger partial charge in [-0.3, -0.25) is 0 Å². The molecule has 11 aromatic rings. The van der Waals surface area contributed by atoms with Gasteiger partial charge in [-0.05, 0) is 99.3 Å². The third-order valence-corrected chi connectivity index (χ3v) is 12.0. The van der Waals surface area contributed by atoms with E-state index in [1.165, 1.54) is 53.2 Å². The second-order valence-electron chi connectivity index (χ2n) is 14.1. The molecular weight excluding hydrogens is 687 g/mol. The Morgan fingerprint density at radius 1 is 0.364 bits per heavy atom. The van der Waals surface area contributed by atoms with E-state index in [0.717, 1.165) is 50.1 Å². The fraction of sp³-hybridized carbons (Fsp3) is 0. The van der Waals surface area contributed by atoms with Crippen LogP contribution in [0.25, 0.3) is 86.3 Å². The summed E-state index contributed by atoms with van der Waals surface area (Å²) < 4.78 is 9.13. The first-order chi connectivity index (χ1) is 27.2. The van der Waals surface area contributed by atoms with Crippen molar-refractivity contribution in [2.75, 3.05) is 4.90 Å². The van der Waals surface area contributed by atoms with Gasteiger partial charge in [0.1, 0.15) is 11.2 Å². The molecule has 0 saturated carbocycles. The van der Waals surface area contributed by atoms with Crippen LogP contribution in [0.3, 0.4) is 0 Å². The average molecular weight is 720 g/mol. The van der Waals surface area contributed by atoms with Gasteiger partial charge in [0.05, 0.1) is 0 Å². The summed E-state index contributed by atoms with van der Waals surface area (Å²) >= 11 is 1.86. The van der Waals surface area contributed by atoms with Gasteiger partial charge in [0, 0.05) is 53.6 Å². The molecule has 0 aliphatic heterocycles. The number of fused-ring (bicyclic) bond motifs is 7. The van der Waals surface area contributed by atoms with Gasteiger partial charge in [-0.2, -0.15) is 0 Å². The lowest BCUT2D eigenvalue weighted by molar-refractivity contribution is 0.670. The maximum atomic E-state index is 6.51. The molecule has 11 rings (SSSR count). The number of benzene rings is 9. The smallest absolute Gasteiger partial charge is 0.143 e. The molecule has 9 aromatic carbocycles. The van der Waals surface area contributed by atoms with Crippen molar-refractivity contribution in [3.05, 3.63) is 200 Å². The summed E-state index contributed by atoms with van der Waals surface area (Å²) in [4.78, 5) is 2.39. The summed E-state index contributed by atoms with van der Waals surface area (Å²) in [5.41, 5.74) is 12.0. The highest BCUT2D eigenvalue weighted by Gasteiger charge is 2.19. The average Bonchev–Trinajstić information content (AvgIpc) is 3.83. The van der Waals surface area contributed by atoms with Crippen molar-refractivity contribution in [1.82, 2.24) is 0 Å². The second-order valence-corrected chi connectivity index (χ2v) is 15.2. The Bertz CT molecular complexity index is 3240. The third-order valence-electron chi connectivity index (χ3n) is 10.8. The Hall–Kier alpha value is -6.94. The fourth-order valence-corrected chi connectivity index (χ4v) is 9.39. The number of hydrogen-bond donors (Lipinski definition) is 0. The van der Waals surface area contributed by atoms with Crippen molar-refractivity contribution < 1.29 is 4.42 Å². The lowest BCUT2D eigenvalue weighted by Gasteiger charge is -2.27. The van der Waals surface area contributed by atoms with Crippen LogP contribution in [0, 0.1) is 0 Å². The number of para-hydroxylation sites is 2. The molecule has 3 heteroatoms. The van der Waals surface area contributed by atoms with Crippen LogP contribution in [-0.2, 0) is 0 Å². The standard InChI is InChI=1S/C52H33NOS/c1-2-13-35-30-37(29-28-34(35)12-1)36-14-7-17-40(31-36)53(41-18-8-15-38(32-41)43-22-11-27-50-51(43)47-21-4-6-26-49(47)55-50)42-19-9-16-39(33-42)44-23-10-24-46-45-20-3-5-25-48(45)54-52(44)46/h1-33H. The highest BCUT2D eigenvalue weighted by molar-refractivity contribution is 7.25. The molecule has 258 valence electrons. The first-order valence-electron chi connectivity index (χ1n) is 18.7. The minimum absolute atomic E-state index is 0.901. The molecule has 0 spiro atoms. The van der Waals surface area contributed by atoms with Gasteiger partial charge in [-0.25, -0.2) is 0 Å². The van der Waals surface area contributed by atoms with Crippen LogP contribution < -0.4 is 4.90 Å². The van der Waals surface area contributed by atoms with Crippen LogP contribution >= 0.6 is 11.3 Å². The zero-order valence-electron chi connectivity index (χ0n) is 29.8. The molecule has 0 fully saturated rings. The van der Waals surface area contributed by atoms with Gasteiger partial charge in [0.25, 0.3) is 0 Å². The van der Waals surface area contributed by atoms with Crippen LogP contribution in [-0.4, -0.2) is 0 Å². The molecule has 2 nitrogen and oxygen atoms in total. The Morgan fingerprint density at radius 2 is 0.927 bits per heavy atom. The minimum atomic E-state index is 0.901. The second kappa shape index (κ2) is 12.9. The van der Waals surface area contributed by atoms with Crippen LogP contribution in [0.15, 0.2) is 205 Å². The molecule has 0 radical (unpaired) electrons. The lowest BCUT2D eigenvalue weighted by atomic mass is 9.98. The van der Waals surface area contributed by atoms with Gasteiger partial charge in [0.15, 0.2) is 0 Å². The molecule has 0 aliphatic carbocycles. The van der Waals surface area contributed by atoms with Gasteiger partial charge in [0.2, 0.25) is 0 Å². The predicted molar refractivity (Wildman–Crippen MR) is 235 cm³/mol. The Balaban J connectivity index is 1.10. The van der Waals surface area contributed by atoms with Crippen LogP contribution in [0.2, 0.25) is 0 Å². The number of thiophene rings is 1.